The fraction of sp³-hybridized carbons (Fsp3) is 0.681. The van der Waals surface area contributed by atoms with Crippen molar-refractivity contribution in [3.8, 4) is 0 Å². The number of nitrogens with zero attached hydrogens (tertiary/aromatic N) is 2. The van der Waals surface area contributed by atoms with E-state index in [2.05, 4.69) is 67.2 Å². The van der Waals surface area contributed by atoms with Gasteiger partial charge in [-0.3, -0.25) is 14.4 Å². The molecular weight excluding hydrogens is 1070 g/mol. The van der Waals surface area contributed by atoms with Crippen LogP contribution in [-0.4, -0.2) is 83.0 Å². The smallest absolute Gasteiger partial charge is 0.306 e. The molecule has 2 aromatic carbocycles. The first-order valence-corrected chi connectivity index (χ1v) is 33.4. The summed E-state index contributed by atoms with van der Waals surface area (Å²) in [4.78, 5) is 65.4. The molecule has 13 nitrogen and oxygen atoms in total. The van der Waals surface area contributed by atoms with Gasteiger partial charge in [-0.1, -0.05) is 216 Å². The minimum Gasteiger partial charge on any atom is -0.462 e. The molecule has 0 heterocycles. The number of hydrogen-bond acceptors (Lipinski definition) is 13. The van der Waals surface area contributed by atoms with Crippen LogP contribution in [0.4, 0.5) is 11.4 Å². The predicted molar refractivity (Wildman–Crippen MR) is 346 cm³/mol. The first kappa shape index (κ1) is 77.7. The minimum absolute atomic E-state index is 0.132. The van der Waals surface area contributed by atoms with Gasteiger partial charge in [0.05, 0.1) is 29.7 Å². The van der Waals surface area contributed by atoms with Crippen LogP contribution in [0.15, 0.2) is 95.0 Å². The Kier molecular flexibility index (Phi) is 52.8. The molecule has 3 N–H and O–H groups in total. The topological polar surface area (TPSA) is 198 Å². The maximum Gasteiger partial charge on any atom is 0.306 e. The SMILES string of the molecule is CCCCCCC(O)CC=CCCCCCCCC(=O)OCC(COC(=O)CCCCCCCC=CCC(O)CCCCCC)OC(=O)CCCCCCCC=CCC(O)CCCCCC.O=C=Nc1ccc(Cc2ccc(N=C=O)cc2)cc1. The van der Waals surface area contributed by atoms with Crippen molar-refractivity contribution >= 4 is 41.4 Å². The third-order valence-corrected chi connectivity index (χ3v) is 14.9. The van der Waals surface area contributed by atoms with Gasteiger partial charge in [0, 0.05) is 19.3 Å². The molecule has 13 heteroatoms. The molecule has 0 aliphatic heterocycles. The average Bonchev–Trinajstić information content (AvgIpc) is 3.53. The molecule has 85 heavy (non-hydrogen) atoms. The van der Waals surface area contributed by atoms with Gasteiger partial charge in [-0.15, -0.1) is 0 Å². The zero-order valence-electron chi connectivity index (χ0n) is 53.1. The van der Waals surface area contributed by atoms with Crippen molar-refractivity contribution in [2.45, 2.75) is 302 Å². The molecule has 0 saturated heterocycles. The summed E-state index contributed by atoms with van der Waals surface area (Å²) in [6.45, 7) is 6.33. The summed E-state index contributed by atoms with van der Waals surface area (Å²) >= 11 is 0. The average molecular weight is 1180 g/mol. The van der Waals surface area contributed by atoms with Gasteiger partial charge in [0.1, 0.15) is 13.2 Å². The lowest BCUT2D eigenvalue weighted by molar-refractivity contribution is -0.167. The van der Waals surface area contributed by atoms with Crippen LogP contribution in [0.1, 0.15) is 282 Å². The highest BCUT2D eigenvalue weighted by Gasteiger charge is 2.20. The quantitative estimate of drug-likeness (QED) is 0.0142. The van der Waals surface area contributed by atoms with E-state index >= 15 is 0 Å². The largest absolute Gasteiger partial charge is 0.462 e. The Labute approximate surface area is 514 Å². The van der Waals surface area contributed by atoms with Gasteiger partial charge in [0.15, 0.2) is 6.10 Å². The number of benzene rings is 2. The molecule has 0 aliphatic carbocycles. The van der Waals surface area contributed by atoms with Crippen LogP contribution in [0.25, 0.3) is 0 Å². The Morgan fingerprint density at radius 2 is 0.718 bits per heavy atom. The van der Waals surface area contributed by atoms with Gasteiger partial charge < -0.3 is 29.5 Å². The van der Waals surface area contributed by atoms with E-state index < -0.39 is 6.10 Å². The van der Waals surface area contributed by atoms with Crippen molar-refractivity contribution in [2.75, 3.05) is 13.2 Å². The van der Waals surface area contributed by atoms with E-state index in [1.807, 2.05) is 24.3 Å². The molecular formula is C72H114N2O11. The summed E-state index contributed by atoms with van der Waals surface area (Å²) in [6.07, 6.45) is 52.6. The van der Waals surface area contributed by atoms with Crippen LogP contribution < -0.4 is 0 Å². The van der Waals surface area contributed by atoms with Crippen LogP contribution >= 0.6 is 0 Å². The maximum atomic E-state index is 12.8. The van der Waals surface area contributed by atoms with Gasteiger partial charge in [0.25, 0.3) is 0 Å². The molecule has 478 valence electrons. The molecule has 0 aliphatic rings. The molecule has 0 bridgehead atoms. The first-order chi connectivity index (χ1) is 41.5. The second-order valence-corrected chi connectivity index (χ2v) is 22.9. The molecule has 3 unspecified atom stereocenters. The standard InChI is InChI=1S/C57H104O9.C15H10N2O2/c1-4-7-10-31-40-51(58)43-34-25-19-13-16-22-28-37-46-55(61)64-49-54(66-57(63)48-39-30-24-18-15-21-27-36-45-53(60)42-33-12-9-6-3)50-65-56(62)47-38-29-23-17-14-20-26-35-44-52(59)41-32-11-8-5-2;18-10-16-14-5-1-12(2-6-14)9-13-3-7-15(8-4-13)17-11-19/h25-27,34-36,51-54,58-60H,4-24,28-33,37-50H2,1-3H3;1-8H,9H2. The van der Waals surface area contributed by atoms with Gasteiger partial charge in [-0.05, 0) is 138 Å². The Morgan fingerprint density at radius 1 is 0.412 bits per heavy atom. The number of aliphatic hydroxyl groups is 3. The number of esters is 3. The number of unbranched alkanes of at least 4 members (excludes halogenated alkanes) is 24. The molecule has 0 fully saturated rings. The van der Waals surface area contributed by atoms with Crippen molar-refractivity contribution < 1.29 is 53.5 Å². The molecule has 0 aromatic heterocycles. The summed E-state index contributed by atoms with van der Waals surface area (Å²) in [6, 6.07) is 14.7. The Morgan fingerprint density at radius 3 is 1.05 bits per heavy atom. The lowest BCUT2D eigenvalue weighted by Gasteiger charge is -2.18. The number of carbonyl (C=O) groups is 3. The third kappa shape index (κ3) is 50.6. The molecule has 2 rings (SSSR count). The zero-order chi connectivity index (χ0) is 61.9. The number of isocyanates is 2. The van der Waals surface area contributed by atoms with Gasteiger partial charge in [-0.2, -0.15) is 9.98 Å². The van der Waals surface area contributed by atoms with E-state index in [9.17, 15) is 39.3 Å². The van der Waals surface area contributed by atoms with E-state index in [4.69, 9.17) is 14.2 Å². The van der Waals surface area contributed by atoms with Crippen molar-refractivity contribution in [2.24, 2.45) is 9.98 Å². The van der Waals surface area contributed by atoms with Crippen molar-refractivity contribution in [3.63, 3.8) is 0 Å². The fourth-order valence-electron chi connectivity index (χ4n) is 9.67. The second kappa shape index (κ2) is 57.8. The van der Waals surface area contributed by atoms with Crippen molar-refractivity contribution in [1.82, 2.24) is 0 Å². The van der Waals surface area contributed by atoms with Gasteiger partial charge in [-0.25, -0.2) is 9.59 Å². The van der Waals surface area contributed by atoms with E-state index in [1.54, 1.807) is 24.3 Å². The van der Waals surface area contributed by atoms with Crippen LogP contribution in [0, 0.1) is 0 Å². The molecule has 0 spiro atoms. The van der Waals surface area contributed by atoms with Crippen LogP contribution in [-0.2, 0) is 44.6 Å². The Bertz CT molecular complexity index is 1990. The van der Waals surface area contributed by atoms with Crippen LogP contribution in [0.5, 0.6) is 0 Å². The van der Waals surface area contributed by atoms with Gasteiger partial charge in [0.2, 0.25) is 12.2 Å². The normalized spacial score (nSPS) is 12.7. The fourth-order valence-corrected chi connectivity index (χ4v) is 9.67. The van der Waals surface area contributed by atoms with E-state index in [0.29, 0.717) is 30.6 Å². The molecule has 2 aromatic rings. The summed E-state index contributed by atoms with van der Waals surface area (Å²) in [5, 5.41) is 30.4. The number of rotatable bonds is 54. The lowest BCUT2D eigenvalue weighted by Crippen LogP contribution is -2.30. The van der Waals surface area contributed by atoms with Crippen molar-refractivity contribution in [1.29, 1.82) is 0 Å². The lowest BCUT2D eigenvalue weighted by atomic mass is 10.0. The van der Waals surface area contributed by atoms with Crippen molar-refractivity contribution in [3.05, 3.63) is 96.1 Å². The monoisotopic (exact) mass is 1180 g/mol. The predicted octanol–water partition coefficient (Wildman–Crippen LogP) is 18.2. The molecule has 0 radical (unpaired) electrons. The molecule has 0 saturated carbocycles. The highest BCUT2D eigenvalue weighted by molar-refractivity contribution is 5.71. The maximum absolute atomic E-state index is 12.8. The number of aliphatic hydroxyl groups excluding tert-OH is 3. The van der Waals surface area contributed by atoms with E-state index in [1.165, 1.54) is 69.9 Å². The molecule has 3 atom stereocenters. The third-order valence-electron chi connectivity index (χ3n) is 14.9. The summed E-state index contributed by atoms with van der Waals surface area (Å²) in [5.41, 5.74) is 3.40. The Hall–Kier alpha value is -5.29. The summed E-state index contributed by atoms with van der Waals surface area (Å²) in [5.74, 6) is -1.04. The van der Waals surface area contributed by atoms with Gasteiger partial charge >= 0.3 is 17.9 Å². The first-order valence-electron chi connectivity index (χ1n) is 33.4. The summed E-state index contributed by atoms with van der Waals surface area (Å²) < 4.78 is 16.7. The minimum atomic E-state index is -0.836. The number of hydrogen-bond donors (Lipinski definition) is 3. The van der Waals surface area contributed by atoms with Crippen LogP contribution in [0.3, 0.4) is 0 Å². The van der Waals surface area contributed by atoms with Crippen LogP contribution in [0.2, 0.25) is 0 Å². The highest BCUT2D eigenvalue weighted by Crippen LogP contribution is 2.20. The second-order valence-electron chi connectivity index (χ2n) is 22.9. The molecule has 0 amide bonds. The number of carbonyl (C=O) groups excluding carboxylic acids is 5. The Balaban J connectivity index is 0.00000158. The number of aliphatic imine (C=N–C) groups is 2. The number of ether oxygens (including phenoxy) is 3. The van der Waals surface area contributed by atoms with E-state index in [-0.39, 0.29) is 55.9 Å². The van der Waals surface area contributed by atoms with E-state index in [0.717, 1.165) is 184 Å². The number of allylic oxidation sites excluding steroid dienone is 3. The highest BCUT2D eigenvalue weighted by atomic mass is 16.6. The summed E-state index contributed by atoms with van der Waals surface area (Å²) in [7, 11) is 0. The zero-order valence-corrected chi connectivity index (χ0v) is 53.1.